The lowest BCUT2D eigenvalue weighted by Gasteiger charge is -2.29. The molecule has 0 spiro atoms. The van der Waals surface area contributed by atoms with E-state index in [1.54, 1.807) is 4.90 Å². The molecule has 1 unspecified atom stereocenters. The van der Waals surface area contributed by atoms with Crippen molar-refractivity contribution < 1.29 is 14.6 Å². The molecule has 1 atom stereocenters. The molecule has 18 heavy (non-hydrogen) atoms. The third-order valence-electron chi connectivity index (χ3n) is 2.81. The fraction of sp³-hybridized carbons (Fsp3) is 0.923. The predicted molar refractivity (Wildman–Crippen MR) is 70.3 cm³/mol. The minimum atomic E-state index is -0.534. The largest absolute Gasteiger partial charge is 0.444 e. The molecule has 0 aromatic heterocycles. The lowest BCUT2D eigenvalue weighted by molar-refractivity contribution is 0.0200. The normalized spacial score (nSPS) is 23.6. The molecule has 1 aliphatic heterocycles. The number of aliphatic hydroxyl groups excluding tert-OH is 1. The van der Waals surface area contributed by atoms with Crippen LogP contribution in [-0.4, -0.2) is 47.6 Å². The van der Waals surface area contributed by atoms with Crippen LogP contribution in [0.3, 0.4) is 0 Å². The topological polar surface area (TPSA) is 61.8 Å². The van der Waals surface area contributed by atoms with Crippen molar-refractivity contribution in [3.63, 3.8) is 0 Å². The summed E-state index contributed by atoms with van der Waals surface area (Å²) < 4.78 is 5.37. The van der Waals surface area contributed by atoms with Gasteiger partial charge in [-0.2, -0.15) is 0 Å². The van der Waals surface area contributed by atoms with Crippen LogP contribution in [0, 0.1) is 0 Å². The van der Waals surface area contributed by atoms with Crippen LogP contribution in [0.1, 0.15) is 46.5 Å². The lowest BCUT2D eigenvalue weighted by Crippen LogP contribution is -2.41. The molecule has 0 saturated carbocycles. The average Bonchev–Trinajstić information content (AvgIpc) is 2.25. The Hall–Kier alpha value is -0.810. The van der Waals surface area contributed by atoms with Crippen molar-refractivity contribution in [2.24, 2.45) is 0 Å². The molecule has 0 aromatic rings. The molecule has 0 bridgehead atoms. The maximum atomic E-state index is 12.0. The Labute approximate surface area is 109 Å². The summed E-state index contributed by atoms with van der Waals surface area (Å²) in [6.45, 7) is 7.67. The van der Waals surface area contributed by atoms with Gasteiger partial charge in [0.05, 0.1) is 0 Å². The Bertz CT molecular complexity index is 263. The lowest BCUT2D eigenvalue weighted by atomic mass is 10.2. The smallest absolute Gasteiger partial charge is 0.410 e. The van der Waals surface area contributed by atoms with Gasteiger partial charge >= 0.3 is 6.09 Å². The second kappa shape index (κ2) is 6.95. The van der Waals surface area contributed by atoms with Gasteiger partial charge in [0.25, 0.3) is 0 Å². The van der Waals surface area contributed by atoms with E-state index in [1.807, 2.05) is 20.8 Å². The fourth-order valence-electron chi connectivity index (χ4n) is 1.87. The van der Waals surface area contributed by atoms with E-state index >= 15 is 0 Å². The molecule has 1 aliphatic rings. The van der Waals surface area contributed by atoms with Crippen LogP contribution in [-0.2, 0) is 4.74 Å². The Morgan fingerprint density at radius 2 is 2.00 bits per heavy atom. The first-order valence-corrected chi connectivity index (χ1v) is 6.78. The van der Waals surface area contributed by atoms with Crippen molar-refractivity contribution in [2.45, 2.75) is 58.3 Å². The first kappa shape index (κ1) is 15.2. The second-order valence-electron chi connectivity index (χ2n) is 5.79. The molecule has 106 valence electrons. The van der Waals surface area contributed by atoms with Gasteiger partial charge in [-0.05, 0) is 40.2 Å². The summed E-state index contributed by atoms with van der Waals surface area (Å²) in [5, 5.41) is 12.7. The summed E-state index contributed by atoms with van der Waals surface area (Å²) in [6, 6.07) is 0. The number of carbonyl (C=O) groups is 1. The van der Waals surface area contributed by atoms with E-state index in [0.29, 0.717) is 19.5 Å². The van der Waals surface area contributed by atoms with Crippen molar-refractivity contribution in [1.82, 2.24) is 10.2 Å². The molecule has 2 N–H and O–H groups in total. The minimum Gasteiger partial charge on any atom is -0.444 e. The summed E-state index contributed by atoms with van der Waals surface area (Å²) in [7, 11) is 0. The summed E-state index contributed by atoms with van der Waals surface area (Å²) in [4.78, 5) is 13.7. The third-order valence-corrected chi connectivity index (χ3v) is 2.81. The molecular weight excluding hydrogens is 232 g/mol. The number of nitrogens with one attached hydrogen (secondary N) is 1. The summed E-state index contributed by atoms with van der Waals surface area (Å²) in [6.07, 6.45) is 2.79. The highest BCUT2D eigenvalue weighted by Crippen LogP contribution is 2.12. The van der Waals surface area contributed by atoms with Gasteiger partial charge in [0.15, 0.2) is 0 Å². The van der Waals surface area contributed by atoms with Crippen LogP contribution >= 0.6 is 0 Å². The number of nitrogens with zero attached hydrogens (tertiary/aromatic N) is 1. The zero-order valence-corrected chi connectivity index (χ0v) is 11.7. The monoisotopic (exact) mass is 258 g/mol. The number of ether oxygens (including phenoxy) is 1. The van der Waals surface area contributed by atoms with Crippen molar-refractivity contribution in [2.75, 3.05) is 19.6 Å². The Morgan fingerprint density at radius 1 is 1.28 bits per heavy atom. The molecule has 1 fully saturated rings. The molecule has 1 saturated heterocycles. The first-order valence-electron chi connectivity index (χ1n) is 6.78. The Morgan fingerprint density at radius 3 is 2.67 bits per heavy atom. The Kier molecular flexibility index (Phi) is 5.88. The van der Waals surface area contributed by atoms with Gasteiger partial charge in [-0.15, -0.1) is 0 Å². The maximum absolute atomic E-state index is 12.0. The van der Waals surface area contributed by atoms with Gasteiger partial charge in [-0.1, -0.05) is 6.42 Å². The zero-order valence-electron chi connectivity index (χ0n) is 11.7. The fourth-order valence-corrected chi connectivity index (χ4v) is 1.87. The molecule has 1 amide bonds. The van der Waals surface area contributed by atoms with Crippen LogP contribution in [0.15, 0.2) is 0 Å². The van der Waals surface area contributed by atoms with E-state index in [1.165, 1.54) is 0 Å². The molecule has 1 heterocycles. The SMILES string of the molecule is CC(C)(C)OC(=O)N1CCCCCNC(O)CC1. The van der Waals surface area contributed by atoms with E-state index in [9.17, 15) is 9.90 Å². The zero-order chi connectivity index (χ0) is 13.6. The average molecular weight is 258 g/mol. The quantitative estimate of drug-likeness (QED) is 0.694. The first-order chi connectivity index (χ1) is 8.38. The van der Waals surface area contributed by atoms with Crippen LogP contribution in [0.4, 0.5) is 4.79 Å². The van der Waals surface area contributed by atoms with Crippen molar-refractivity contribution in [3.05, 3.63) is 0 Å². The highest BCUT2D eigenvalue weighted by Gasteiger charge is 2.22. The Balaban J connectivity index is 2.51. The van der Waals surface area contributed by atoms with Crippen molar-refractivity contribution >= 4 is 6.09 Å². The van der Waals surface area contributed by atoms with E-state index in [-0.39, 0.29) is 6.09 Å². The predicted octanol–water partition coefficient (Wildman–Crippen LogP) is 1.71. The standard InChI is InChI=1S/C13H26N2O3/c1-13(2,3)18-12(17)15-9-6-4-5-8-14-11(16)7-10-15/h11,14,16H,4-10H2,1-3H3. The van der Waals surface area contributed by atoms with Crippen LogP contribution in [0.25, 0.3) is 0 Å². The van der Waals surface area contributed by atoms with Gasteiger partial charge in [-0.3, -0.25) is 5.32 Å². The van der Waals surface area contributed by atoms with E-state index in [4.69, 9.17) is 4.74 Å². The van der Waals surface area contributed by atoms with Crippen LogP contribution < -0.4 is 5.32 Å². The van der Waals surface area contributed by atoms with Gasteiger partial charge < -0.3 is 14.7 Å². The van der Waals surface area contributed by atoms with Crippen molar-refractivity contribution in [1.29, 1.82) is 0 Å². The number of hydrogen-bond donors (Lipinski definition) is 2. The minimum absolute atomic E-state index is 0.282. The van der Waals surface area contributed by atoms with Crippen LogP contribution in [0.2, 0.25) is 0 Å². The molecule has 0 aliphatic carbocycles. The van der Waals surface area contributed by atoms with Gasteiger partial charge in [0, 0.05) is 19.5 Å². The van der Waals surface area contributed by atoms with Gasteiger partial charge in [-0.25, -0.2) is 4.79 Å². The van der Waals surface area contributed by atoms with Crippen LogP contribution in [0.5, 0.6) is 0 Å². The number of rotatable bonds is 0. The summed E-state index contributed by atoms with van der Waals surface area (Å²) >= 11 is 0. The molecule has 1 rings (SSSR count). The number of aliphatic hydroxyl groups is 1. The molecule has 0 aromatic carbocycles. The third kappa shape index (κ3) is 6.21. The van der Waals surface area contributed by atoms with Gasteiger partial charge in [0.2, 0.25) is 0 Å². The summed E-state index contributed by atoms with van der Waals surface area (Å²) in [5.74, 6) is 0. The number of amides is 1. The number of carbonyl (C=O) groups excluding carboxylic acids is 1. The van der Waals surface area contributed by atoms with E-state index in [0.717, 1.165) is 25.8 Å². The second-order valence-corrected chi connectivity index (χ2v) is 5.79. The molecule has 5 nitrogen and oxygen atoms in total. The van der Waals surface area contributed by atoms with Gasteiger partial charge in [0.1, 0.15) is 11.8 Å². The summed E-state index contributed by atoms with van der Waals surface area (Å²) in [5.41, 5.74) is -0.469. The van der Waals surface area contributed by atoms with Crippen molar-refractivity contribution in [3.8, 4) is 0 Å². The maximum Gasteiger partial charge on any atom is 0.410 e. The van der Waals surface area contributed by atoms with E-state index < -0.39 is 11.8 Å². The molecule has 0 radical (unpaired) electrons. The highest BCUT2D eigenvalue weighted by molar-refractivity contribution is 5.68. The number of hydrogen-bond acceptors (Lipinski definition) is 4. The van der Waals surface area contributed by atoms with E-state index in [2.05, 4.69) is 5.32 Å². The molecular formula is C13H26N2O3. The molecule has 5 heteroatoms. The highest BCUT2D eigenvalue weighted by atomic mass is 16.6.